The second kappa shape index (κ2) is 11.7. The van der Waals surface area contributed by atoms with Crippen molar-refractivity contribution in [2.75, 3.05) is 19.6 Å². The van der Waals surface area contributed by atoms with Gasteiger partial charge in [-0.15, -0.1) is 0 Å². The minimum absolute atomic E-state index is 0.112. The summed E-state index contributed by atoms with van der Waals surface area (Å²) in [6.07, 6.45) is 1.80. The fourth-order valence-electron chi connectivity index (χ4n) is 3.67. The third-order valence-electron chi connectivity index (χ3n) is 5.20. The van der Waals surface area contributed by atoms with Gasteiger partial charge in [0.2, 0.25) is 5.91 Å². The molecule has 0 aliphatic carbocycles. The molecule has 4 nitrogen and oxygen atoms in total. The standard InChI is InChI=1S/C26H31ClN2O2/c1-3-15-28(18-23-10-7-11-24(27)17-23)20-26(30)29(19-25-13-12-21(2)31-25)16-14-22-8-5-4-6-9-22/h4-13,17H,3,14-16,18-20H2,1-2H3. The van der Waals surface area contributed by atoms with Gasteiger partial charge in [-0.1, -0.05) is 61.0 Å². The molecule has 164 valence electrons. The van der Waals surface area contributed by atoms with E-state index in [0.29, 0.717) is 26.2 Å². The predicted molar refractivity (Wildman–Crippen MR) is 126 cm³/mol. The first-order valence-corrected chi connectivity index (χ1v) is 11.2. The molecule has 5 heteroatoms. The zero-order valence-corrected chi connectivity index (χ0v) is 19.1. The van der Waals surface area contributed by atoms with Crippen LogP contribution in [0.5, 0.6) is 0 Å². The van der Waals surface area contributed by atoms with Crippen molar-refractivity contribution in [2.45, 2.75) is 39.8 Å². The van der Waals surface area contributed by atoms with Crippen LogP contribution in [0.3, 0.4) is 0 Å². The molecule has 31 heavy (non-hydrogen) atoms. The summed E-state index contributed by atoms with van der Waals surface area (Å²) in [5, 5.41) is 0.720. The highest BCUT2D eigenvalue weighted by atomic mass is 35.5. The first kappa shape index (κ1) is 23.1. The van der Waals surface area contributed by atoms with Crippen LogP contribution in [0, 0.1) is 6.92 Å². The van der Waals surface area contributed by atoms with E-state index in [1.54, 1.807) is 0 Å². The van der Waals surface area contributed by atoms with Crippen LogP contribution in [0.4, 0.5) is 0 Å². The van der Waals surface area contributed by atoms with Crippen molar-refractivity contribution < 1.29 is 9.21 Å². The Labute approximate surface area is 190 Å². The topological polar surface area (TPSA) is 36.7 Å². The molecular formula is C26H31ClN2O2. The van der Waals surface area contributed by atoms with Gasteiger partial charge in [0, 0.05) is 18.1 Å². The fraction of sp³-hybridized carbons (Fsp3) is 0.346. The van der Waals surface area contributed by atoms with Crippen molar-refractivity contribution in [1.29, 1.82) is 0 Å². The fourth-order valence-corrected chi connectivity index (χ4v) is 3.89. The number of amides is 1. The normalized spacial score (nSPS) is 11.1. The number of halogens is 1. The number of carbonyl (C=O) groups excluding carboxylic acids is 1. The smallest absolute Gasteiger partial charge is 0.237 e. The molecule has 0 bridgehead atoms. The SMILES string of the molecule is CCCN(CC(=O)N(CCc1ccccc1)Cc1ccc(C)o1)Cc1cccc(Cl)c1. The molecule has 1 heterocycles. The van der Waals surface area contributed by atoms with E-state index in [9.17, 15) is 4.79 Å². The molecule has 0 aliphatic rings. The number of hydrogen-bond donors (Lipinski definition) is 0. The third kappa shape index (κ3) is 7.57. The molecule has 0 spiro atoms. The first-order valence-electron chi connectivity index (χ1n) is 10.9. The van der Waals surface area contributed by atoms with E-state index in [0.717, 1.165) is 41.5 Å². The number of furan rings is 1. The van der Waals surface area contributed by atoms with Gasteiger partial charge in [0.1, 0.15) is 11.5 Å². The van der Waals surface area contributed by atoms with Crippen molar-refractivity contribution in [3.05, 3.63) is 94.4 Å². The van der Waals surface area contributed by atoms with Crippen molar-refractivity contribution in [3.63, 3.8) is 0 Å². The van der Waals surface area contributed by atoms with Crippen LogP contribution in [-0.2, 0) is 24.3 Å². The van der Waals surface area contributed by atoms with Gasteiger partial charge in [-0.25, -0.2) is 0 Å². The Bertz CT molecular complexity index is 955. The van der Waals surface area contributed by atoms with Crippen LogP contribution in [0.2, 0.25) is 5.02 Å². The summed E-state index contributed by atoms with van der Waals surface area (Å²) in [5.74, 6) is 1.79. The molecule has 0 radical (unpaired) electrons. The Kier molecular flexibility index (Phi) is 8.74. The molecule has 3 rings (SSSR count). The summed E-state index contributed by atoms with van der Waals surface area (Å²) in [7, 11) is 0. The lowest BCUT2D eigenvalue weighted by molar-refractivity contribution is -0.133. The largest absolute Gasteiger partial charge is 0.464 e. The molecule has 0 fully saturated rings. The van der Waals surface area contributed by atoms with Crippen LogP contribution in [0.1, 0.15) is 36.0 Å². The van der Waals surface area contributed by atoms with Gasteiger partial charge in [0.05, 0.1) is 13.1 Å². The Morgan fingerprint density at radius 2 is 1.71 bits per heavy atom. The van der Waals surface area contributed by atoms with Crippen LogP contribution >= 0.6 is 11.6 Å². The first-order chi connectivity index (χ1) is 15.0. The lowest BCUT2D eigenvalue weighted by atomic mass is 10.1. The van der Waals surface area contributed by atoms with Gasteiger partial charge in [0.25, 0.3) is 0 Å². The van der Waals surface area contributed by atoms with E-state index in [2.05, 4.69) is 30.0 Å². The number of aryl methyl sites for hydroxylation is 1. The van der Waals surface area contributed by atoms with Crippen LogP contribution in [-0.4, -0.2) is 35.3 Å². The van der Waals surface area contributed by atoms with Crippen molar-refractivity contribution >= 4 is 17.5 Å². The van der Waals surface area contributed by atoms with E-state index in [1.807, 2.05) is 60.4 Å². The summed E-state index contributed by atoms with van der Waals surface area (Å²) < 4.78 is 5.76. The molecule has 0 aliphatic heterocycles. The zero-order chi connectivity index (χ0) is 22.1. The molecular weight excluding hydrogens is 408 g/mol. The van der Waals surface area contributed by atoms with Crippen molar-refractivity contribution in [3.8, 4) is 0 Å². The van der Waals surface area contributed by atoms with Crippen molar-refractivity contribution in [2.24, 2.45) is 0 Å². The van der Waals surface area contributed by atoms with Gasteiger partial charge >= 0.3 is 0 Å². The minimum atomic E-state index is 0.112. The molecule has 0 atom stereocenters. The molecule has 0 saturated carbocycles. The van der Waals surface area contributed by atoms with Crippen LogP contribution in [0.25, 0.3) is 0 Å². The highest BCUT2D eigenvalue weighted by Gasteiger charge is 2.19. The average molecular weight is 439 g/mol. The number of carbonyl (C=O) groups is 1. The predicted octanol–water partition coefficient (Wildman–Crippen LogP) is 5.72. The minimum Gasteiger partial charge on any atom is -0.464 e. The van der Waals surface area contributed by atoms with E-state index >= 15 is 0 Å². The summed E-state index contributed by atoms with van der Waals surface area (Å²) in [6, 6.07) is 22.0. The van der Waals surface area contributed by atoms with Crippen molar-refractivity contribution in [1.82, 2.24) is 9.80 Å². The maximum absolute atomic E-state index is 13.3. The zero-order valence-electron chi connectivity index (χ0n) is 18.4. The van der Waals surface area contributed by atoms with Gasteiger partial charge in [-0.05, 0) is 61.7 Å². The molecule has 1 amide bonds. The summed E-state index contributed by atoms with van der Waals surface area (Å²) >= 11 is 6.15. The van der Waals surface area contributed by atoms with Gasteiger partial charge in [0.15, 0.2) is 0 Å². The summed E-state index contributed by atoms with van der Waals surface area (Å²) in [6.45, 7) is 7.12. The quantitative estimate of drug-likeness (QED) is 0.384. The third-order valence-corrected chi connectivity index (χ3v) is 5.44. The molecule has 0 N–H and O–H groups in total. The Balaban J connectivity index is 1.69. The molecule has 1 aromatic heterocycles. The van der Waals surface area contributed by atoms with E-state index in [4.69, 9.17) is 16.0 Å². The summed E-state index contributed by atoms with van der Waals surface area (Å²) in [4.78, 5) is 17.4. The van der Waals surface area contributed by atoms with E-state index in [1.165, 1.54) is 5.56 Å². The summed E-state index contributed by atoms with van der Waals surface area (Å²) in [5.41, 5.74) is 2.34. The highest BCUT2D eigenvalue weighted by molar-refractivity contribution is 6.30. The Morgan fingerprint density at radius 1 is 0.935 bits per heavy atom. The maximum atomic E-state index is 13.3. The number of nitrogens with zero attached hydrogens (tertiary/aromatic N) is 2. The molecule has 0 saturated heterocycles. The molecule has 0 unspecified atom stereocenters. The molecule has 3 aromatic rings. The van der Waals surface area contributed by atoms with E-state index in [-0.39, 0.29) is 5.91 Å². The number of benzene rings is 2. The Hall–Kier alpha value is -2.56. The van der Waals surface area contributed by atoms with E-state index < -0.39 is 0 Å². The Morgan fingerprint density at radius 3 is 2.39 bits per heavy atom. The van der Waals surface area contributed by atoms with Crippen LogP contribution < -0.4 is 0 Å². The number of rotatable bonds is 11. The van der Waals surface area contributed by atoms with Gasteiger partial charge < -0.3 is 9.32 Å². The maximum Gasteiger partial charge on any atom is 0.237 e. The van der Waals surface area contributed by atoms with Crippen LogP contribution in [0.15, 0.2) is 71.1 Å². The molecule has 2 aromatic carbocycles. The lowest BCUT2D eigenvalue weighted by Gasteiger charge is -2.27. The second-order valence-electron chi connectivity index (χ2n) is 7.90. The average Bonchev–Trinajstić information content (AvgIpc) is 3.16. The number of hydrogen-bond acceptors (Lipinski definition) is 3. The lowest BCUT2D eigenvalue weighted by Crippen LogP contribution is -2.41. The van der Waals surface area contributed by atoms with Gasteiger partial charge in [-0.2, -0.15) is 0 Å². The monoisotopic (exact) mass is 438 g/mol. The van der Waals surface area contributed by atoms with Gasteiger partial charge in [-0.3, -0.25) is 9.69 Å². The highest BCUT2D eigenvalue weighted by Crippen LogP contribution is 2.15. The second-order valence-corrected chi connectivity index (χ2v) is 8.34.